The van der Waals surface area contributed by atoms with Gasteiger partial charge in [-0.2, -0.15) is 0 Å². The summed E-state index contributed by atoms with van der Waals surface area (Å²) >= 11 is 0. The van der Waals surface area contributed by atoms with Crippen molar-refractivity contribution in [3.05, 3.63) is 106 Å². The summed E-state index contributed by atoms with van der Waals surface area (Å²) in [5, 5.41) is 3.08. The molecule has 1 heterocycles. The Morgan fingerprint density at radius 3 is 2.14 bits per heavy atom. The average molecular weight is 370 g/mol. The third-order valence-corrected chi connectivity index (χ3v) is 6.20. The van der Waals surface area contributed by atoms with Crippen molar-refractivity contribution in [2.75, 3.05) is 6.54 Å². The highest BCUT2D eigenvalue weighted by Gasteiger charge is 2.42. The number of fused-ring (bicyclic) bond motifs is 1. The Morgan fingerprint density at radius 2 is 1.50 bits per heavy atom. The Kier molecular flexibility index (Phi) is 4.12. The Balaban J connectivity index is 1.37. The third kappa shape index (κ3) is 2.76. The van der Waals surface area contributed by atoms with Gasteiger partial charge < -0.3 is 9.88 Å². The van der Waals surface area contributed by atoms with E-state index in [9.17, 15) is 9.59 Å². The van der Waals surface area contributed by atoms with Crippen molar-refractivity contribution in [2.45, 2.75) is 24.8 Å². The summed E-state index contributed by atoms with van der Waals surface area (Å²) in [6, 6.07) is 22.4. The molecule has 0 saturated heterocycles. The highest BCUT2D eigenvalue weighted by Crippen LogP contribution is 2.55. The van der Waals surface area contributed by atoms with Crippen molar-refractivity contribution < 1.29 is 4.79 Å². The van der Waals surface area contributed by atoms with Gasteiger partial charge in [-0.05, 0) is 40.7 Å². The number of hydrogen-bond acceptors (Lipinski definition) is 2. The van der Waals surface area contributed by atoms with Crippen molar-refractivity contribution >= 4 is 5.91 Å². The van der Waals surface area contributed by atoms with E-state index in [1.807, 2.05) is 0 Å². The zero-order chi connectivity index (χ0) is 19.1. The number of hydrogen-bond donors (Lipinski definition) is 1. The second kappa shape index (κ2) is 6.79. The van der Waals surface area contributed by atoms with E-state index in [-0.39, 0.29) is 18.0 Å². The summed E-state index contributed by atoms with van der Waals surface area (Å²) in [6.45, 7) is 0.692. The van der Waals surface area contributed by atoms with Gasteiger partial charge in [0.25, 0.3) is 5.56 Å². The molecule has 28 heavy (non-hydrogen) atoms. The number of nitrogens with one attached hydrogen (secondary N) is 1. The molecule has 4 heteroatoms. The fraction of sp³-hybridized carbons (Fsp3) is 0.250. The molecule has 0 radical (unpaired) electrons. The third-order valence-electron chi connectivity index (χ3n) is 6.20. The Labute approximate surface area is 163 Å². The average Bonchev–Trinajstić information content (AvgIpc) is 2.74. The van der Waals surface area contributed by atoms with Crippen molar-refractivity contribution in [1.29, 1.82) is 0 Å². The first kappa shape index (κ1) is 17.0. The van der Waals surface area contributed by atoms with Crippen LogP contribution in [-0.2, 0) is 11.3 Å². The molecule has 1 unspecified atom stereocenters. The van der Waals surface area contributed by atoms with E-state index in [2.05, 4.69) is 53.8 Å². The summed E-state index contributed by atoms with van der Waals surface area (Å²) in [6.07, 6.45) is 2.70. The Bertz CT molecular complexity index is 1050. The van der Waals surface area contributed by atoms with E-state index in [1.165, 1.54) is 32.9 Å². The van der Waals surface area contributed by atoms with Crippen LogP contribution in [0.25, 0.3) is 0 Å². The minimum atomic E-state index is -0.155. The number of carbonyl (C=O) groups is 1. The second-order valence-electron chi connectivity index (χ2n) is 7.75. The van der Waals surface area contributed by atoms with Crippen LogP contribution >= 0.6 is 0 Å². The first-order valence-electron chi connectivity index (χ1n) is 9.82. The molecular weight excluding hydrogens is 348 g/mol. The molecule has 1 aromatic heterocycles. The van der Waals surface area contributed by atoms with E-state index < -0.39 is 0 Å². The maximum absolute atomic E-state index is 12.4. The van der Waals surface area contributed by atoms with Gasteiger partial charge in [0.2, 0.25) is 5.91 Å². The van der Waals surface area contributed by atoms with Crippen LogP contribution < -0.4 is 10.9 Å². The molecule has 1 amide bonds. The molecular formula is C24H22N2O2. The molecule has 0 saturated carbocycles. The van der Waals surface area contributed by atoms with Crippen LogP contribution in [0.5, 0.6) is 0 Å². The number of benzene rings is 2. The lowest BCUT2D eigenvalue weighted by Gasteiger charge is -2.45. The molecule has 140 valence electrons. The van der Waals surface area contributed by atoms with Crippen LogP contribution in [0.1, 0.15) is 40.5 Å². The molecule has 3 aliphatic carbocycles. The fourth-order valence-electron chi connectivity index (χ4n) is 5.01. The second-order valence-corrected chi connectivity index (χ2v) is 7.75. The molecule has 1 N–H and O–H groups in total. The molecule has 0 spiro atoms. The highest BCUT2D eigenvalue weighted by atomic mass is 16.2. The summed E-state index contributed by atoms with van der Waals surface area (Å²) in [7, 11) is 0. The van der Waals surface area contributed by atoms with Crippen LogP contribution in [0, 0.1) is 5.92 Å². The quantitative estimate of drug-likeness (QED) is 0.766. The predicted molar refractivity (Wildman–Crippen MR) is 108 cm³/mol. The van der Waals surface area contributed by atoms with Gasteiger partial charge in [0.05, 0.1) is 0 Å². The largest absolute Gasteiger partial charge is 0.354 e. The lowest BCUT2D eigenvalue weighted by atomic mass is 9.59. The molecule has 4 nitrogen and oxygen atoms in total. The zero-order valence-corrected chi connectivity index (χ0v) is 15.5. The van der Waals surface area contributed by atoms with Crippen LogP contribution in [0.15, 0.2) is 77.7 Å². The normalized spacial score (nSPS) is 21.6. The van der Waals surface area contributed by atoms with E-state index >= 15 is 0 Å². The lowest BCUT2D eigenvalue weighted by Crippen LogP contribution is -2.40. The first-order chi connectivity index (χ1) is 13.7. The number of carbonyl (C=O) groups excluding carboxylic acids is 1. The van der Waals surface area contributed by atoms with Crippen LogP contribution in [-0.4, -0.2) is 17.0 Å². The summed E-state index contributed by atoms with van der Waals surface area (Å²) in [5.41, 5.74) is 5.51. The van der Waals surface area contributed by atoms with Crippen molar-refractivity contribution in [3.8, 4) is 0 Å². The fourth-order valence-corrected chi connectivity index (χ4v) is 5.01. The summed E-state index contributed by atoms with van der Waals surface area (Å²) < 4.78 is 1.44. The lowest BCUT2D eigenvalue weighted by molar-refractivity contribution is -0.121. The molecule has 3 aromatic rings. The minimum absolute atomic E-state index is 0.0632. The number of aromatic nitrogens is 1. The van der Waals surface area contributed by atoms with Gasteiger partial charge in [0.15, 0.2) is 0 Å². The SMILES string of the molecule is O=C(Cn1ccccc1=O)NCC1CC2c3ccccc3C1c1ccccc12. The molecule has 6 rings (SSSR count). The molecule has 3 aliphatic rings. The van der Waals surface area contributed by atoms with Gasteiger partial charge in [-0.15, -0.1) is 0 Å². The molecule has 0 aliphatic heterocycles. The van der Waals surface area contributed by atoms with Gasteiger partial charge in [0, 0.05) is 30.6 Å². The van der Waals surface area contributed by atoms with Crippen molar-refractivity contribution in [2.24, 2.45) is 5.92 Å². The maximum Gasteiger partial charge on any atom is 0.250 e. The highest BCUT2D eigenvalue weighted by molar-refractivity contribution is 5.75. The van der Waals surface area contributed by atoms with Gasteiger partial charge in [-0.3, -0.25) is 9.59 Å². The maximum atomic E-state index is 12.4. The molecule has 2 bridgehead atoms. The van der Waals surface area contributed by atoms with Gasteiger partial charge in [-0.25, -0.2) is 0 Å². The van der Waals surface area contributed by atoms with E-state index in [0.717, 1.165) is 6.42 Å². The standard InChI is InChI=1S/C24H22N2O2/c27-22(15-26-12-6-5-11-23(26)28)25-14-16-13-21-17-7-1-3-9-19(17)24(16)20-10-4-2-8-18(20)21/h1-12,16,21,24H,13-15H2,(H,25,27). The van der Waals surface area contributed by atoms with E-state index in [4.69, 9.17) is 0 Å². The molecule has 0 fully saturated rings. The van der Waals surface area contributed by atoms with Crippen LogP contribution in [0.3, 0.4) is 0 Å². The van der Waals surface area contributed by atoms with Crippen molar-refractivity contribution in [1.82, 2.24) is 9.88 Å². The number of pyridine rings is 1. The zero-order valence-electron chi connectivity index (χ0n) is 15.5. The molecule has 2 aromatic carbocycles. The number of rotatable bonds is 4. The van der Waals surface area contributed by atoms with Gasteiger partial charge in [-0.1, -0.05) is 54.6 Å². The Hall–Kier alpha value is -3.14. The van der Waals surface area contributed by atoms with Crippen molar-refractivity contribution in [3.63, 3.8) is 0 Å². The van der Waals surface area contributed by atoms with Gasteiger partial charge in [0.1, 0.15) is 6.54 Å². The summed E-state index contributed by atoms with van der Waals surface area (Å²) in [4.78, 5) is 24.3. The smallest absolute Gasteiger partial charge is 0.250 e. The predicted octanol–water partition coefficient (Wildman–Crippen LogP) is 3.26. The van der Waals surface area contributed by atoms with E-state index in [1.54, 1.807) is 18.3 Å². The van der Waals surface area contributed by atoms with E-state index in [0.29, 0.717) is 24.3 Å². The topological polar surface area (TPSA) is 51.1 Å². The minimum Gasteiger partial charge on any atom is -0.354 e. The Morgan fingerprint density at radius 1 is 0.893 bits per heavy atom. The summed E-state index contributed by atoms with van der Waals surface area (Å²) in [5.74, 6) is 0.968. The van der Waals surface area contributed by atoms with Crippen LogP contribution in [0.2, 0.25) is 0 Å². The molecule has 1 atom stereocenters. The number of nitrogens with zero attached hydrogens (tertiary/aromatic N) is 1. The van der Waals surface area contributed by atoms with Crippen LogP contribution in [0.4, 0.5) is 0 Å². The van der Waals surface area contributed by atoms with Gasteiger partial charge >= 0.3 is 0 Å². The number of amides is 1. The first-order valence-corrected chi connectivity index (χ1v) is 9.82. The monoisotopic (exact) mass is 370 g/mol.